The Labute approximate surface area is 108 Å². The minimum absolute atomic E-state index is 0.839. The predicted molar refractivity (Wildman–Crippen MR) is 75.6 cm³/mol. The molecule has 2 aromatic rings. The van der Waals surface area contributed by atoms with Gasteiger partial charge >= 0.3 is 0 Å². The molecule has 1 heterocycles. The van der Waals surface area contributed by atoms with E-state index < -0.39 is 0 Å². The van der Waals surface area contributed by atoms with Crippen LogP contribution in [0.4, 0.5) is 11.4 Å². The predicted octanol–water partition coefficient (Wildman–Crippen LogP) is 2.38. The summed E-state index contributed by atoms with van der Waals surface area (Å²) in [5.41, 5.74) is 7.99. The van der Waals surface area contributed by atoms with Crippen molar-refractivity contribution in [2.24, 2.45) is 0 Å². The maximum atomic E-state index is 6.04. The molecule has 0 unspecified atom stereocenters. The Morgan fingerprint density at radius 1 is 1.22 bits per heavy atom. The number of hydrogen-bond donors (Lipinski definition) is 1. The maximum absolute atomic E-state index is 6.04. The average Bonchev–Trinajstić information content (AvgIpc) is 2.88. The number of rotatable bonds is 6. The lowest BCUT2D eigenvalue weighted by Gasteiger charge is -2.25. The highest BCUT2D eigenvalue weighted by Gasteiger charge is 2.08. The highest BCUT2D eigenvalue weighted by Crippen LogP contribution is 2.22. The van der Waals surface area contributed by atoms with Gasteiger partial charge in [0.2, 0.25) is 0 Å². The van der Waals surface area contributed by atoms with Crippen LogP contribution in [0.25, 0.3) is 0 Å². The third-order valence-corrected chi connectivity index (χ3v) is 2.93. The van der Waals surface area contributed by atoms with E-state index in [0.717, 1.165) is 37.4 Å². The lowest BCUT2D eigenvalue weighted by atomic mass is 10.2. The number of nitrogens with zero attached hydrogens (tertiary/aromatic N) is 3. The fourth-order valence-corrected chi connectivity index (χ4v) is 2.05. The first-order valence-corrected chi connectivity index (χ1v) is 6.38. The standard InChI is InChI=1S/C14H20N4/c1-2-9-17(11-12-18-10-5-8-16-18)14-7-4-3-6-13(14)15/h3-8,10H,2,9,11-12,15H2,1H3. The fraction of sp³-hybridized carbons (Fsp3) is 0.357. The van der Waals surface area contributed by atoms with Crippen LogP contribution < -0.4 is 10.6 Å². The zero-order valence-electron chi connectivity index (χ0n) is 10.8. The van der Waals surface area contributed by atoms with Crippen molar-refractivity contribution in [3.63, 3.8) is 0 Å². The Hall–Kier alpha value is -1.97. The third kappa shape index (κ3) is 3.03. The zero-order valence-corrected chi connectivity index (χ0v) is 10.8. The number of nitrogens with two attached hydrogens (primary N) is 1. The zero-order chi connectivity index (χ0) is 12.8. The van der Waals surface area contributed by atoms with Crippen molar-refractivity contribution >= 4 is 11.4 Å². The van der Waals surface area contributed by atoms with Crippen LogP contribution >= 0.6 is 0 Å². The van der Waals surface area contributed by atoms with E-state index in [0.29, 0.717) is 0 Å². The second-order valence-corrected chi connectivity index (χ2v) is 4.31. The second-order valence-electron chi connectivity index (χ2n) is 4.31. The monoisotopic (exact) mass is 244 g/mol. The van der Waals surface area contributed by atoms with E-state index in [4.69, 9.17) is 5.73 Å². The van der Waals surface area contributed by atoms with Crippen LogP contribution in [0.2, 0.25) is 0 Å². The Balaban J connectivity index is 2.06. The molecule has 18 heavy (non-hydrogen) atoms. The van der Waals surface area contributed by atoms with Gasteiger partial charge in [0.1, 0.15) is 0 Å². The first-order chi connectivity index (χ1) is 8.81. The van der Waals surface area contributed by atoms with E-state index in [1.807, 2.05) is 35.1 Å². The van der Waals surface area contributed by atoms with Crippen molar-refractivity contribution in [1.82, 2.24) is 9.78 Å². The molecule has 2 N–H and O–H groups in total. The lowest BCUT2D eigenvalue weighted by molar-refractivity contribution is 0.593. The average molecular weight is 244 g/mol. The molecular weight excluding hydrogens is 224 g/mol. The van der Waals surface area contributed by atoms with E-state index in [-0.39, 0.29) is 0 Å². The molecule has 1 aromatic carbocycles. The molecule has 0 aliphatic heterocycles. The van der Waals surface area contributed by atoms with Crippen molar-refractivity contribution < 1.29 is 0 Å². The quantitative estimate of drug-likeness (QED) is 0.794. The Kier molecular flexibility index (Phi) is 4.23. The van der Waals surface area contributed by atoms with E-state index in [9.17, 15) is 0 Å². The molecule has 2 rings (SSSR count). The van der Waals surface area contributed by atoms with Crippen LogP contribution in [0.3, 0.4) is 0 Å². The normalized spacial score (nSPS) is 10.5. The summed E-state index contributed by atoms with van der Waals surface area (Å²) in [5.74, 6) is 0. The van der Waals surface area contributed by atoms with Crippen molar-refractivity contribution in [2.45, 2.75) is 19.9 Å². The van der Waals surface area contributed by atoms with Crippen LogP contribution in [0.15, 0.2) is 42.7 Å². The Bertz CT molecular complexity index is 464. The minimum atomic E-state index is 0.839. The number of nitrogen functional groups attached to an aromatic ring is 1. The second kappa shape index (κ2) is 6.10. The lowest BCUT2D eigenvalue weighted by Crippen LogP contribution is -2.29. The Morgan fingerprint density at radius 2 is 2.06 bits per heavy atom. The summed E-state index contributed by atoms with van der Waals surface area (Å²) in [5, 5.41) is 4.22. The number of benzene rings is 1. The summed E-state index contributed by atoms with van der Waals surface area (Å²) in [4.78, 5) is 2.32. The van der Waals surface area contributed by atoms with Gasteiger partial charge in [0.25, 0.3) is 0 Å². The van der Waals surface area contributed by atoms with Crippen LogP contribution in [0.1, 0.15) is 13.3 Å². The van der Waals surface area contributed by atoms with Gasteiger partial charge in [-0.2, -0.15) is 5.10 Å². The van der Waals surface area contributed by atoms with Gasteiger partial charge < -0.3 is 10.6 Å². The smallest absolute Gasteiger partial charge is 0.0600 e. The summed E-state index contributed by atoms with van der Waals surface area (Å²) in [6, 6.07) is 9.97. The number of anilines is 2. The topological polar surface area (TPSA) is 47.1 Å². The van der Waals surface area contributed by atoms with Crippen LogP contribution in [0, 0.1) is 0 Å². The fourth-order valence-electron chi connectivity index (χ4n) is 2.05. The summed E-state index contributed by atoms with van der Waals surface area (Å²) >= 11 is 0. The molecule has 0 fully saturated rings. The van der Waals surface area contributed by atoms with E-state index in [2.05, 4.69) is 23.0 Å². The SMILES string of the molecule is CCCN(CCn1cccn1)c1ccccc1N. The van der Waals surface area contributed by atoms with Gasteiger partial charge in [-0.1, -0.05) is 19.1 Å². The van der Waals surface area contributed by atoms with Gasteiger partial charge in [0, 0.05) is 25.5 Å². The van der Waals surface area contributed by atoms with Crippen molar-refractivity contribution in [3.8, 4) is 0 Å². The number of hydrogen-bond acceptors (Lipinski definition) is 3. The van der Waals surface area contributed by atoms with Gasteiger partial charge in [0.05, 0.1) is 17.9 Å². The van der Waals surface area contributed by atoms with E-state index in [1.165, 1.54) is 0 Å². The molecule has 0 aliphatic carbocycles. The molecule has 0 radical (unpaired) electrons. The van der Waals surface area contributed by atoms with E-state index in [1.54, 1.807) is 6.20 Å². The summed E-state index contributed by atoms with van der Waals surface area (Å²) < 4.78 is 1.95. The molecular formula is C14H20N4. The highest BCUT2D eigenvalue weighted by molar-refractivity contribution is 5.67. The van der Waals surface area contributed by atoms with Crippen LogP contribution in [-0.4, -0.2) is 22.9 Å². The number of aromatic nitrogens is 2. The van der Waals surface area contributed by atoms with Crippen LogP contribution in [-0.2, 0) is 6.54 Å². The molecule has 0 aliphatic rings. The largest absolute Gasteiger partial charge is 0.397 e. The summed E-state index contributed by atoms with van der Waals surface area (Å²) in [6.45, 7) is 4.99. The molecule has 0 saturated heterocycles. The summed E-state index contributed by atoms with van der Waals surface area (Å²) in [6.07, 6.45) is 4.90. The molecule has 0 atom stereocenters. The first-order valence-electron chi connectivity index (χ1n) is 6.38. The highest BCUT2D eigenvalue weighted by atomic mass is 15.3. The van der Waals surface area contributed by atoms with Gasteiger partial charge in [-0.05, 0) is 24.6 Å². The molecule has 0 saturated carbocycles. The molecule has 0 bridgehead atoms. The van der Waals surface area contributed by atoms with Crippen molar-refractivity contribution in [1.29, 1.82) is 0 Å². The third-order valence-electron chi connectivity index (χ3n) is 2.93. The molecule has 0 amide bonds. The molecule has 0 spiro atoms. The Morgan fingerprint density at radius 3 is 2.72 bits per heavy atom. The summed E-state index contributed by atoms with van der Waals surface area (Å²) in [7, 11) is 0. The molecule has 4 nitrogen and oxygen atoms in total. The number of para-hydroxylation sites is 2. The van der Waals surface area contributed by atoms with Crippen molar-refractivity contribution in [2.75, 3.05) is 23.7 Å². The van der Waals surface area contributed by atoms with E-state index >= 15 is 0 Å². The minimum Gasteiger partial charge on any atom is -0.397 e. The van der Waals surface area contributed by atoms with Crippen molar-refractivity contribution in [3.05, 3.63) is 42.7 Å². The first kappa shape index (κ1) is 12.5. The van der Waals surface area contributed by atoms with Gasteiger partial charge in [-0.15, -0.1) is 0 Å². The molecule has 1 aromatic heterocycles. The molecule has 4 heteroatoms. The molecule has 96 valence electrons. The maximum Gasteiger partial charge on any atom is 0.0600 e. The van der Waals surface area contributed by atoms with Gasteiger partial charge in [-0.25, -0.2) is 0 Å². The van der Waals surface area contributed by atoms with Gasteiger partial charge in [0.15, 0.2) is 0 Å². The van der Waals surface area contributed by atoms with Crippen LogP contribution in [0.5, 0.6) is 0 Å². The van der Waals surface area contributed by atoms with Gasteiger partial charge in [-0.3, -0.25) is 4.68 Å².